The van der Waals surface area contributed by atoms with Crippen molar-refractivity contribution in [3.63, 3.8) is 0 Å². The molecule has 0 aliphatic heterocycles. The molecule has 0 fully saturated rings. The van der Waals surface area contributed by atoms with Crippen molar-refractivity contribution < 1.29 is 14.3 Å². The number of methoxy groups -OCH3 is 1. The predicted octanol–water partition coefficient (Wildman–Crippen LogP) is 3.78. The summed E-state index contributed by atoms with van der Waals surface area (Å²) in [6.07, 6.45) is 1.21. The first-order chi connectivity index (χ1) is 9.74. The second kappa shape index (κ2) is 7.10. The zero-order valence-electron chi connectivity index (χ0n) is 11.1. The normalized spacial score (nSPS) is 10.1. The molecule has 0 saturated carbocycles. The molecule has 3 nitrogen and oxygen atoms in total. The maximum atomic E-state index is 10.7. The Morgan fingerprint density at radius 1 is 1.15 bits per heavy atom. The monoisotopic (exact) mass is 334 g/mol. The van der Waals surface area contributed by atoms with Gasteiger partial charge in [-0.2, -0.15) is 0 Å². The summed E-state index contributed by atoms with van der Waals surface area (Å²) in [5.41, 5.74) is 1.96. The van der Waals surface area contributed by atoms with Gasteiger partial charge >= 0.3 is 0 Å². The SMILES string of the molecule is COc1cc(Br)c(CC=O)cc1OCc1ccccc1. The van der Waals surface area contributed by atoms with Crippen LogP contribution in [0.5, 0.6) is 11.5 Å². The number of hydrogen-bond acceptors (Lipinski definition) is 3. The van der Waals surface area contributed by atoms with Crippen LogP contribution in [0, 0.1) is 0 Å². The Morgan fingerprint density at radius 3 is 2.55 bits per heavy atom. The van der Waals surface area contributed by atoms with Gasteiger partial charge in [0.15, 0.2) is 11.5 Å². The lowest BCUT2D eigenvalue weighted by Gasteiger charge is -2.13. The summed E-state index contributed by atoms with van der Waals surface area (Å²) >= 11 is 3.42. The molecule has 0 heterocycles. The highest BCUT2D eigenvalue weighted by Crippen LogP contribution is 2.34. The van der Waals surface area contributed by atoms with Crippen LogP contribution in [-0.2, 0) is 17.8 Å². The molecule has 0 unspecified atom stereocenters. The fourth-order valence-electron chi connectivity index (χ4n) is 1.83. The van der Waals surface area contributed by atoms with Crippen molar-refractivity contribution in [1.29, 1.82) is 0 Å². The van der Waals surface area contributed by atoms with E-state index in [4.69, 9.17) is 9.47 Å². The topological polar surface area (TPSA) is 35.5 Å². The Kier molecular flexibility index (Phi) is 5.18. The summed E-state index contributed by atoms with van der Waals surface area (Å²) in [7, 11) is 1.59. The van der Waals surface area contributed by atoms with E-state index in [9.17, 15) is 4.79 Å². The van der Waals surface area contributed by atoms with Gasteiger partial charge in [-0.1, -0.05) is 46.3 Å². The molecule has 0 bridgehead atoms. The van der Waals surface area contributed by atoms with E-state index in [-0.39, 0.29) is 0 Å². The fraction of sp³-hybridized carbons (Fsp3) is 0.188. The molecular weight excluding hydrogens is 320 g/mol. The van der Waals surface area contributed by atoms with Crippen molar-refractivity contribution in [2.75, 3.05) is 7.11 Å². The van der Waals surface area contributed by atoms with Gasteiger partial charge in [0.25, 0.3) is 0 Å². The Bertz CT molecular complexity index is 582. The number of ether oxygens (including phenoxy) is 2. The highest BCUT2D eigenvalue weighted by atomic mass is 79.9. The Hall–Kier alpha value is -1.81. The summed E-state index contributed by atoms with van der Waals surface area (Å²) in [5, 5.41) is 0. The highest BCUT2D eigenvalue weighted by Gasteiger charge is 2.10. The van der Waals surface area contributed by atoms with E-state index in [2.05, 4.69) is 15.9 Å². The lowest BCUT2D eigenvalue weighted by molar-refractivity contribution is -0.107. The van der Waals surface area contributed by atoms with Gasteiger partial charge in [0, 0.05) is 10.9 Å². The molecule has 2 aromatic carbocycles. The third-order valence-electron chi connectivity index (χ3n) is 2.87. The quantitative estimate of drug-likeness (QED) is 0.754. The summed E-state index contributed by atoms with van der Waals surface area (Å²) in [6.45, 7) is 0.458. The Balaban J connectivity index is 2.20. The summed E-state index contributed by atoms with van der Waals surface area (Å²) < 4.78 is 11.9. The third-order valence-corrected chi connectivity index (χ3v) is 3.61. The summed E-state index contributed by atoms with van der Waals surface area (Å²) in [5.74, 6) is 1.28. The molecule has 4 heteroatoms. The number of carbonyl (C=O) groups excluding carboxylic acids is 1. The van der Waals surface area contributed by atoms with E-state index in [0.29, 0.717) is 24.5 Å². The van der Waals surface area contributed by atoms with E-state index in [0.717, 1.165) is 21.9 Å². The van der Waals surface area contributed by atoms with Crippen LogP contribution in [0.4, 0.5) is 0 Å². The van der Waals surface area contributed by atoms with Crippen LogP contribution in [0.1, 0.15) is 11.1 Å². The van der Waals surface area contributed by atoms with Gasteiger partial charge in [0.2, 0.25) is 0 Å². The van der Waals surface area contributed by atoms with Crippen molar-refractivity contribution in [2.45, 2.75) is 13.0 Å². The van der Waals surface area contributed by atoms with Gasteiger partial charge in [-0.25, -0.2) is 0 Å². The number of benzene rings is 2. The predicted molar refractivity (Wildman–Crippen MR) is 81.2 cm³/mol. The number of hydrogen-bond donors (Lipinski definition) is 0. The highest BCUT2D eigenvalue weighted by molar-refractivity contribution is 9.10. The van der Waals surface area contributed by atoms with Gasteiger partial charge < -0.3 is 14.3 Å². The van der Waals surface area contributed by atoms with Crippen molar-refractivity contribution in [3.05, 3.63) is 58.1 Å². The van der Waals surface area contributed by atoms with Gasteiger partial charge in [-0.15, -0.1) is 0 Å². The van der Waals surface area contributed by atoms with Crippen molar-refractivity contribution in [1.82, 2.24) is 0 Å². The molecule has 0 aliphatic rings. The Morgan fingerprint density at radius 2 is 1.90 bits per heavy atom. The Labute approximate surface area is 126 Å². The molecule has 0 atom stereocenters. The molecular formula is C16H15BrO3. The number of carbonyl (C=O) groups is 1. The number of halogens is 1. The van der Waals surface area contributed by atoms with Crippen LogP contribution in [0.25, 0.3) is 0 Å². The maximum absolute atomic E-state index is 10.7. The van der Waals surface area contributed by atoms with Gasteiger partial charge in [-0.3, -0.25) is 0 Å². The van der Waals surface area contributed by atoms with Crippen LogP contribution in [0.3, 0.4) is 0 Å². The first kappa shape index (κ1) is 14.6. The fourth-order valence-corrected chi connectivity index (χ4v) is 2.32. The molecule has 0 amide bonds. The maximum Gasteiger partial charge on any atom is 0.162 e. The largest absolute Gasteiger partial charge is 0.493 e. The minimum Gasteiger partial charge on any atom is -0.493 e. The average Bonchev–Trinajstić information content (AvgIpc) is 2.48. The summed E-state index contributed by atoms with van der Waals surface area (Å²) in [6, 6.07) is 13.5. The van der Waals surface area contributed by atoms with E-state index < -0.39 is 0 Å². The van der Waals surface area contributed by atoms with Gasteiger partial charge in [0.1, 0.15) is 12.9 Å². The molecule has 0 radical (unpaired) electrons. The van der Waals surface area contributed by atoms with Crippen molar-refractivity contribution in [2.24, 2.45) is 0 Å². The standard InChI is InChI=1S/C16H15BrO3/c1-19-15-10-14(17)13(7-8-18)9-16(15)20-11-12-5-3-2-4-6-12/h2-6,8-10H,7,11H2,1H3. The second-order valence-electron chi connectivity index (χ2n) is 4.24. The van der Waals surface area contributed by atoms with Gasteiger partial charge in [0.05, 0.1) is 7.11 Å². The molecule has 0 spiro atoms. The summed E-state index contributed by atoms with van der Waals surface area (Å²) in [4.78, 5) is 10.7. The molecule has 0 aliphatic carbocycles. The van der Waals surface area contributed by atoms with E-state index in [1.807, 2.05) is 42.5 Å². The first-order valence-corrected chi connectivity index (χ1v) is 7.00. The van der Waals surface area contributed by atoms with Gasteiger partial charge in [-0.05, 0) is 23.3 Å². The second-order valence-corrected chi connectivity index (χ2v) is 5.09. The van der Waals surface area contributed by atoms with Crippen LogP contribution >= 0.6 is 15.9 Å². The lowest BCUT2D eigenvalue weighted by Crippen LogP contribution is -1.99. The van der Waals surface area contributed by atoms with E-state index >= 15 is 0 Å². The molecule has 0 N–H and O–H groups in total. The lowest BCUT2D eigenvalue weighted by atomic mass is 10.1. The zero-order valence-corrected chi connectivity index (χ0v) is 12.7. The van der Waals surface area contributed by atoms with Crippen molar-refractivity contribution in [3.8, 4) is 11.5 Å². The van der Waals surface area contributed by atoms with Crippen LogP contribution in [0.2, 0.25) is 0 Å². The minimum atomic E-state index is 0.340. The molecule has 2 aromatic rings. The third kappa shape index (κ3) is 3.61. The van der Waals surface area contributed by atoms with E-state index in [1.54, 1.807) is 7.11 Å². The molecule has 2 rings (SSSR count). The molecule has 104 valence electrons. The molecule has 0 aromatic heterocycles. The minimum absolute atomic E-state index is 0.340. The molecule has 20 heavy (non-hydrogen) atoms. The first-order valence-electron chi connectivity index (χ1n) is 6.21. The van der Waals surface area contributed by atoms with Crippen LogP contribution in [-0.4, -0.2) is 13.4 Å². The zero-order chi connectivity index (χ0) is 14.4. The van der Waals surface area contributed by atoms with Crippen molar-refractivity contribution >= 4 is 22.2 Å². The number of rotatable bonds is 6. The van der Waals surface area contributed by atoms with Crippen LogP contribution in [0.15, 0.2) is 46.9 Å². The van der Waals surface area contributed by atoms with E-state index in [1.165, 1.54) is 0 Å². The number of aldehydes is 1. The van der Waals surface area contributed by atoms with Crippen LogP contribution < -0.4 is 9.47 Å². The molecule has 0 saturated heterocycles. The smallest absolute Gasteiger partial charge is 0.162 e. The average molecular weight is 335 g/mol.